The molecule has 4 heteroatoms. The average Bonchev–Trinajstić information content (AvgIpc) is 3.29. The molecule has 0 saturated heterocycles. The van der Waals surface area contributed by atoms with Crippen LogP contribution in [0.15, 0.2) is 30.3 Å². The Morgan fingerprint density at radius 3 is 2.86 bits per heavy atom. The normalized spacial score (nSPS) is 15.9. The summed E-state index contributed by atoms with van der Waals surface area (Å²) in [7, 11) is 0. The quantitative estimate of drug-likeness (QED) is 0.844. The highest BCUT2D eigenvalue weighted by Crippen LogP contribution is 2.34. The number of nitrogens with zero attached hydrogens (tertiary/aromatic N) is 1. The minimum atomic E-state index is -0.914. The smallest absolute Gasteiger partial charge is 0.336 e. The summed E-state index contributed by atoms with van der Waals surface area (Å²) in [5.41, 5.74) is 1.03. The standard InChI is InChI=1S/C17H20N2O2/c1-2-12(10-11-6-7-11)18-16-9-8-13-14(17(20)21)4-3-5-15(13)19-16/h3-5,8-9,11-12H,2,6-7,10H2,1H3,(H,18,19)(H,20,21). The highest BCUT2D eigenvalue weighted by Gasteiger charge is 2.24. The summed E-state index contributed by atoms with van der Waals surface area (Å²) in [6.07, 6.45) is 4.98. The van der Waals surface area contributed by atoms with E-state index in [1.165, 1.54) is 19.3 Å². The second kappa shape index (κ2) is 5.72. The summed E-state index contributed by atoms with van der Waals surface area (Å²) < 4.78 is 0. The Morgan fingerprint density at radius 2 is 2.19 bits per heavy atom. The van der Waals surface area contributed by atoms with Crippen LogP contribution < -0.4 is 5.32 Å². The molecule has 0 bridgehead atoms. The minimum Gasteiger partial charge on any atom is -0.478 e. The molecule has 1 unspecified atom stereocenters. The van der Waals surface area contributed by atoms with Crippen LogP contribution in [-0.4, -0.2) is 22.1 Å². The van der Waals surface area contributed by atoms with Crippen molar-refractivity contribution in [3.63, 3.8) is 0 Å². The zero-order chi connectivity index (χ0) is 14.8. The summed E-state index contributed by atoms with van der Waals surface area (Å²) >= 11 is 0. The molecule has 4 nitrogen and oxygen atoms in total. The Morgan fingerprint density at radius 1 is 1.38 bits per heavy atom. The minimum absolute atomic E-state index is 0.302. The second-order valence-electron chi connectivity index (χ2n) is 5.80. The van der Waals surface area contributed by atoms with E-state index in [0.29, 0.717) is 17.0 Å². The number of carbonyl (C=O) groups is 1. The first kappa shape index (κ1) is 13.9. The highest BCUT2D eigenvalue weighted by atomic mass is 16.4. The molecule has 1 saturated carbocycles. The Kier molecular flexibility index (Phi) is 3.78. The van der Waals surface area contributed by atoms with Gasteiger partial charge in [0.15, 0.2) is 0 Å². The molecule has 1 aromatic heterocycles. The second-order valence-corrected chi connectivity index (χ2v) is 5.80. The van der Waals surface area contributed by atoms with Crippen molar-refractivity contribution >= 4 is 22.7 Å². The number of carboxylic acid groups (broad SMARTS) is 1. The molecule has 1 aliphatic rings. The predicted octanol–water partition coefficient (Wildman–Crippen LogP) is 3.92. The monoisotopic (exact) mass is 284 g/mol. The lowest BCUT2D eigenvalue weighted by molar-refractivity contribution is 0.0699. The van der Waals surface area contributed by atoms with E-state index in [9.17, 15) is 9.90 Å². The maximum atomic E-state index is 11.2. The topological polar surface area (TPSA) is 62.2 Å². The molecule has 1 atom stereocenters. The number of hydrogen-bond donors (Lipinski definition) is 2. The fraction of sp³-hybridized carbons (Fsp3) is 0.412. The molecular weight excluding hydrogens is 264 g/mol. The summed E-state index contributed by atoms with van der Waals surface area (Å²) in [6.45, 7) is 2.18. The molecule has 3 rings (SSSR count). The van der Waals surface area contributed by atoms with Gasteiger partial charge in [0.05, 0.1) is 11.1 Å². The van der Waals surface area contributed by atoms with E-state index < -0.39 is 5.97 Å². The molecule has 0 spiro atoms. The average molecular weight is 284 g/mol. The molecule has 2 aromatic rings. The van der Waals surface area contributed by atoms with Crippen molar-refractivity contribution in [3.8, 4) is 0 Å². The van der Waals surface area contributed by atoms with Crippen LogP contribution >= 0.6 is 0 Å². The van der Waals surface area contributed by atoms with E-state index in [-0.39, 0.29) is 0 Å². The summed E-state index contributed by atoms with van der Waals surface area (Å²) in [6, 6.07) is 9.38. The third-order valence-electron chi connectivity index (χ3n) is 4.12. The SMILES string of the molecule is CCC(CC1CC1)Nc1ccc2c(C(=O)O)cccc2n1. The van der Waals surface area contributed by atoms with E-state index >= 15 is 0 Å². The first-order valence-electron chi connectivity index (χ1n) is 7.57. The first-order valence-corrected chi connectivity index (χ1v) is 7.57. The van der Waals surface area contributed by atoms with Crippen LogP contribution in [0.1, 0.15) is 43.0 Å². The Hall–Kier alpha value is -2.10. The van der Waals surface area contributed by atoms with Gasteiger partial charge in [-0.3, -0.25) is 0 Å². The molecule has 1 heterocycles. The zero-order valence-corrected chi connectivity index (χ0v) is 12.2. The van der Waals surface area contributed by atoms with Crippen LogP contribution in [0, 0.1) is 5.92 Å². The van der Waals surface area contributed by atoms with Gasteiger partial charge in [-0.2, -0.15) is 0 Å². The Balaban J connectivity index is 1.84. The van der Waals surface area contributed by atoms with Crippen LogP contribution in [0.4, 0.5) is 5.82 Å². The van der Waals surface area contributed by atoms with Gasteiger partial charge >= 0.3 is 5.97 Å². The number of carboxylic acids is 1. The van der Waals surface area contributed by atoms with Crippen molar-refractivity contribution in [2.75, 3.05) is 5.32 Å². The van der Waals surface area contributed by atoms with Gasteiger partial charge in [-0.25, -0.2) is 9.78 Å². The first-order chi connectivity index (χ1) is 10.2. The maximum Gasteiger partial charge on any atom is 0.336 e. The summed E-state index contributed by atoms with van der Waals surface area (Å²) in [5, 5.41) is 13.4. The fourth-order valence-corrected chi connectivity index (χ4v) is 2.71. The number of nitrogens with one attached hydrogen (secondary N) is 1. The molecule has 0 aliphatic heterocycles. The summed E-state index contributed by atoms with van der Waals surface area (Å²) in [5.74, 6) is 0.794. The van der Waals surface area contributed by atoms with Crippen LogP contribution in [0.25, 0.3) is 10.9 Å². The van der Waals surface area contributed by atoms with Crippen molar-refractivity contribution in [1.29, 1.82) is 0 Å². The molecule has 1 fully saturated rings. The Bertz CT molecular complexity index is 665. The molecule has 21 heavy (non-hydrogen) atoms. The number of anilines is 1. The van der Waals surface area contributed by atoms with Crippen LogP contribution in [0.2, 0.25) is 0 Å². The van der Waals surface area contributed by atoms with Gasteiger partial charge in [-0.15, -0.1) is 0 Å². The molecule has 0 radical (unpaired) electrons. The van der Waals surface area contributed by atoms with E-state index in [0.717, 1.165) is 23.7 Å². The number of fused-ring (bicyclic) bond motifs is 1. The van der Waals surface area contributed by atoms with Crippen LogP contribution in [0.5, 0.6) is 0 Å². The molecule has 1 aromatic carbocycles. The van der Waals surface area contributed by atoms with E-state index in [1.807, 2.05) is 18.2 Å². The van der Waals surface area contributed by atoms with Gasteiger partial charge in [-0.1, -0.05) is 25.8 Å². The molecule has 110 valence electrons. The lowest BCUT2D eigenvalue weighted by Gasteiger charge is -2.17. The lowest BCUT2D eigenvalue weighted by Crippen LogP contribution is -2.19. The molecular formula is C17H20N2O2. The van der Waals surface area contributed by atoms with Crippen molar-refractivity contribution < 1.29 is 9.90 Å². The number of aromatic carboxylic acids is 1. The van der Waals surface area contributed by atoms with Crippen LogP contribution in [0.3, 0.4) is 0 Å². The summed E-state index contributed by atoms with van der Waals surface area (Å²) in [4.78, 5) is 15.8. The maximum absolute atomic E-state index is 11.2. The third kappa shape index (κ3) is 3.15. The number of pyridine rings is 1. The van der Waals surface area contributed by atoms with Gasteiger partial charge in [0.1, 0.15) is 5.82 Å². The van der Waals surface area contributed by atoms with Crippen molar-refractivity contribution in [2.45, 2.75) is 38.6 Å². The molecule has 0 amide bonds. The number of aromatic nitrogens is 1. The fourth-order valence-electron chi connectivity index (χ4n) is 2.71. The number of benzene rings is 1. The van der Waals surface area contributed by atoms with Gasteiger partial charge in [0, 0.05) is 11.4 Å². The molecule has 2 N–H and O–H groups in total. The zero-order valence-electron chi connectivity index (χ0n) is 12.2. The van der Waals surface area contributed by atoms with Gasteiger partial charge < -0.3 is 10.4 Å². The van der Waals surface area contributed by atoms with E-state index in [4.69, 9.17) is 0 Å². The van der Waals surface area contributed by atoms with Gasteiger partial charge in [-0.05, 0) is 43.0 Å². The van der Waals surface area contributed by atoms with Crippen molar-refractivity contribution in [3.05, 3.63) is 35.9 Å². The van der Waals surface area contributed by atoms with Gasteiger partial charge in [0.2, 0.25) is 0 Å². The van der Waals surface area contributed by atoms with Gasteiger partial charge in [0.25, 0.3) is 0 Å². The van der Waals surface area contributed by atoms with E-state index in [2.05, 4.69) is 17.2 Å². The number of rotatable bonds is 6. The van der Waals surface area contributed by atoms with E-state index in [1.54, 1.807) is 12.1 Å². The van der Waals surface area contributed by atoms with Crippen molar-refractivity contribution in [2.24, 2.45) is 5.92 Å². The van der Waals surface area contributed by atoms with Crippen molar-refractivity contribution in [1.82, 2.24) is 4.98 Å². The largest absolute Gasteiger partial charge is 0.478 e. The number of hydrogen-bond acceptors (Lipinski definition) is 3. The predicted molar refractivity (Wildman–Crippen MR) is 83.7 cm³/mol. The third-order valence-corrected chi connectivity index (χ3v) is 4.12. The van der Waals surface area contributed by atoms with Crippen LogP contribution in [-0.2, 0) is 0 Å². The molecule has 1 aliphatic carbocycles. The highest BCUT2D eigenvalue weighted by molar-refractivity contribution is 6.02. The Labute approximate surface area is 124 Å². The lowest BCUT2D eigenvalue weighted by atomic mass is 10.1.